The maximum Gasteiger partial charge on any atom is 0.252 e. The zero-order valence-electron chi connectivity index (χ0n) is 29.3. The lowest BCUT2D eigenvalue weighted by Crippen LogP contribution is -2.40. The second-order valence-corrected chi connectivity index (χ2v) is 14.2. The highest BCUT2D eigenvalue weighted by molar-refractivity contribution is 5.84. The topological polar surface area (TPSA) is 110 Å². The van der Waals surface area contributed by atoms with Crippen molar-refractivity contribution in [3.8, 4) is 33.6 Å². The highest BCUT2D eigenvalue weighted by Gasteiger charge is 2.38. The smallest absolute Gasteiger partial charge is 0.252 e. The van der Waals surface area contributed by atoms with Crippen LogP contribution in [0.1, 0.15) is 73.9 Å². The van der Waals surface area contributed by atoms with Gasteiger partial charge in [0, 0.05) is 19.7 Å². The van der Waals surface area contributed by atoms with Crippen molar-refractivity contribution in [1.82, 2.24) is 34.6 Å². The first-order chi connectivity index (χ1) is 24.9. The van der Waals surface area contributed by atoms with Gasteiger partial charge in [0.05, 0.1) is 35.9 Å². The standard InChI is InChI=1S/C41H45N7O3/c1-46(2)37(31-9-4-3-5-10-31)41(50)48-23-7-12-35(48)39-43-26-33(45-39)30-20-16-28(17-21-30)27-14-18-29(19-15-27)32-25-42-38(44-32)34-11-6-22-47(34)40(49)36-13-8-24-51-36/h3-5,9-10,14-21,25-26,34-37H,6-8,11-13,22-24H2,1-2H3,(H,42,44)(H,43,45)/t34-,35-,36+,37+/m0/s1. The molecule has 2 amide bonds. The molecule has 2 N–H and O–H groups in total. The largest absolute Gasteiger partial charge is 0.368 e. The molecule has 0 aliphatic carbocycles. The van der Waals surface area contributed by atoms with Gasteiger partial charge in [-0.25, -0.2) is 9.97 Å². The number of aromatic amines is 2. The molecule has 10 heteroatoms. The summed E-state index contributed by atoms with van der Waals surface area (Å²) in [6, 6.07) is 26.5. The van der Waals surface area contributed by atoms with E-state index in [9.17, 15) is 9.59 Å². The summed E-state index contributed by atoms with van der Waals surface area (Å²) in [6.07, 6.45) is 8.91. The number of hydrogen-bond acceptors (Lipinski definition) is 6. The van der Waals surface area contributed by atoms with E-state index in [-0.39, 0.29) is 36.0 Å². The summed E-state index contributed by atoms with van der Waals surface area (Å²) < 4.78 is 5.68. The first-order valence-corrected chi connectivity index (χ1v) is 18.2. The van der Waals surface area contributed by atoms with E-state index in [4.69, 9.17) is 14.7 Å². The minimum absolute atomic E-state index is 0.0335. The zero-order valence-corrected chi connectivity index (χ0v) is 29.3. The van der Waals surface area contributed by atoms with Gasteiger partial charge in [-0.05, 0) is 80.4 Å². The Morgan fingerprint density at radius 2 is 1.24 bits per heavy atom. The van der Waals surface area contributed by atoms with Gasteiger partial charge in [0.1, 0.15) is 23.8 Å². The number of benzene rings is 3. The molecule has 3 fully saturated rings. The number of nitrogens with one attached hydrogen (secondary N) is 2. The summed E-state index contributed by atoms with van der Waals surface area (Å²) in [4.78, 5) is 49.4. The number of rotatable bonds is 9. The van der Waals surface area contributed by atoms with Gasteiger partial charge in [0.25, 0.3) is 5.91 Å². The van der Waals surface area contributed by atoms with Gasteiger partial charge in [0.15, 0.2) is 0 Å². The van der Waals surface area contributed by atoms with Gasteiger partial charge in [0.2, 0.25) is 5.91 Å². The van der Waals surface area contributed by atoms with Crippen LogP contribution in [0, 0.1) is 0 Å². The molecule has 262 valence electrons. The summed E-state index contributed by atoms with van der Waals surface area (Å²) in [5.41, 5.74) is 7.21. The van der Waals surface area contributed by atoms with Gasteiger partial charge in [-0.1, -0.05) is 78.9 Å². The third-order valence-corrected chi connectivity index (χ3v) is 10.7. The summed E-state index contributed by atoms with van der Waals surface area (Å²) in [6.45, 7) is 2.14. The number of hydrogen-bond donors (Lipinski definition) is 2. The molecular weight excluding hydrogens is 638 g/mol. The average Bonchev–Trinajstić information content (AvgIpc) is 4.01. The van der Waals surface area contributed by atoms with E-state index < -0.39 is 0 Å². The van der Waals surface area contributed by atoms with E-state index in [1.54, 1.807) is 0 Å². The maximum absolute atomic E-state index is 13.9. The predicted octanol–water partition coefficient (Wildman–Crippen LogP) is 6.94. The van der Waals surface area contributed by atoms with Crippen molar-refractivity contribution in [2.75, 3.05) is 33.8 Å². The Labute approximate surface area is 298 Å². The Balaban J connectivity index is 0.930. The van der Waals surface area contributed by atoms with Crippen molar-refractivity contribution in [3.05, 3.63) is 108 Å². The number of imidazole rings is 2. The molecule has 0 bridgehead atoms. The third kappa shape index (κ3) is 6.61. The van der Waals surface area contributed by atoms with E-state index in [1.807, 2.05) is 71.5 Å². The van der Waals surface area contributed by atoms with Crippen molar-refractivity contribution in [2.24, 2.45) is 0 Å². The molecule has 0 radical (unpaired) electrons. The van der Waals surface area contributed by atoms with Crippen LogP contribution < -0.4 is 0 Å². The molecule has 51 heavy (non-hydrogen) atoms. The number of carbonyl (C=O) groups is 2. The number of nitrogens with zero attached hydrogens (tertiary/aromatic N) is 5. The Bertz CT molecular complexity index is 1960. The number of aromatic nitrogens is 4. The summed E-state index contributed by atoms with van der Waals surface area (Å²) >= 11 is 0. The van der Waals surface area contributed by atoms with Crippen molar-refractivity contribution >= 4 is 11.8 Å². The fraction of sp³-hybridized carbons (Fsp3) is 0.366. The Kier molecular flexibility index (Phi) is 9.27. The number of amides is 2. The SMILES string of the molecule is CN(C)[C@@H](C(=O)N1CCC[C@H]1c1ncc(-c2ccc(-c3ccc(-c4cnc([C@@H]5CCCN5C(=O)[C@H]5CCCO5)[nH]4)cc3)cc2)[nH]1)c1ccccc1. The number of likely N-dealkylation sites (tertiary alicyclic amines) is 2. The van der Waals surface area contributed by atoms with Crippen LogP contribution in [0.5, 0.6) is 0 Å². The van der Waals surface area contributed by atoms with Crippen LogP contribution in [0.2, 0.25) is 0 Å². The summed E-state index contributed by atoms with van der Waals surface area (Å²) in [5, 5.41) is 0. The van der Waals surface area contributed by atoms with Crippen LogP contribution in [-0.2, 0) is 14.3 Å². The molecule has 10 nitrogen and oxygen atoms in total. The lowest BCUT2D eigenvalue weighted by atomic mass is 10.0. The summed E-state index contributed by atoms with van der Waals surface area (Å²) in [5.74, 6) is 1.88. The fourth-order valence-electron chi connectivity index (χ4n) is 8.03. The van der Waals surface area contributed by atoms with Gasteiger partial charge in [-0.15, -0.1) is 0 Å². The Morgan fingerprint density at radius 1 is 0.706 bits per heavy atom. The monoisotopic (exact) mass is 683 g/mol. The molecule has 5 heterocycles. The van der Waals surface area contributed by atoms with Gasteiger partial charge in [-0.2, -0.15) is 0 Å². The molecular formula is C41H45N7O3. The molecule has 0 unspecified atom stereocenters. The highest BCUT2D eigenvalue weighted by Crippen LogP contribution is 2.36. The maximum atomic E-state index is 13.9. The molecule has 5 aromatic rings. The van der Waals surface area contributed by atoms with E-state index in [1.165, 1.54) is 0 Å². The highest BCUT2D eigenvalue weighted by atomic mass is 16.5. The molecule has 3 aliphatic rings. The lowest BCUT2D eigenvalue weighted by Gasteiger charge is -2.31. The van der Waals surface area contributed by atoms with E-state index >= 15 is 0 Å². The molecule has 0 saturated carbocycles. The van der Waals surface area contributed by atoms with Crippen LogP contribution in [0.4, 0.5) is 0 Å². The van der Waals surface area contributed by atoms with Crippen LogP contribution >= 0.6 is 0 Å². The molecule has 0 spiro atoms. The lowest BCUT2D eigenvalue weighted by molar-refractivity contribution is -0.142. The molecule has 3 saturated heterocycles. The third-order valence-electron chi connectivity index (χ3n) is 10.7. The molecule has 8 rings (SSSR count). The zero-order chi connectivity index (χ0) is 34.9. The molecule has 3 aromatic carbocycles. The normalized spacial score (nSPS) is 21.1. The van der Waals surface area contributed by atoms with Crippen LogP contribution in [0.3, 0.4) is 0 Å². The molecule has 3 aliphatic heterocycles. The van der Waals surface area contributed by atoms with Crippen LogP contribution in [-0.4, -0.2) is 86.3 Å². The number of H-pyrrole nitrogens is 2. The first kappa shape index (κ1) is 33.1. The van der Waals surface area contributed by atoms with Crippen molar-refractivity contribution in [1.29, 1.82) is 0 Å². The van der Waals surface area contributed by atoms with E-state index in [0.717, 1.165) is 102 Å². The van der Waals surface area contributed by atoms with E-state index in [0.29, 0.717) is 6.61 Å². The average molecular weight is 684 g/mol. The number of ether oxygens (including phenoxy) is 1. The quantitative estimate of drug-likeness (QED) is 0.174. The van der Waals surface area contributed by atoms with Crippen LogP contribution in [0.25, 0.3) is 33.6 Å². The van der Waals surface area contributed by atoms with Gasteiger partial charge in [-0.3, -0.25) is 14.5 Å². The predicted molar refractivity (Wildman–Crippen MR) is 196 cm³/mol. The first-order valence-electron chi connectivity index (χ1n) is 18.2. The Morgan fingerprint density at radius 3 is 1.76 bits per heavy atom. The second-order valence-electron chi connectivity index (χ2n) is 14.2. The minimum atomic E-state index is -0.337. The Hall–Kier alpha value is -5.06. The summed E-state index contributed by atoms with van der Waals surface area (Å²) in [7, 11) is 3.92. The van der Waals surface area contributed by atoms with Crippen molar-refractivity contribution in [2.45, 2.75) is 62.8 Å². The number of likely N-dealkylation sites (N-methyl/N-ethyl adjacent to an activating group) is 1. The fourth-order valence-corrected chi connectivity index (χ4v) is 8.03. The van der Waals surface area contributed by atoms with Gasteiger partial charge >= 0.3 is 0 Å². The second kappa shape index (κ2) is 14.3. The van der Waals surface area contributed by atoms with Crippen LogP contribution in [0.15, 0.2) is 91.3 Å². The minimum Gasteiger partial charge on any atom is -0.368 e. The molecule has 4 atom stereocenters. The van der Waals surface area contributed by atoms with E-state index in [2.05, 4.69) is 58.5 Å². The van der Waals surface area contributed by atoms with Gasteiger partial charge < -0.3 is 24.5 Å². The van der Waals surface area contributed by atoms with Crippen molar-refractivity contribution in [3.63, 3.8) is 0 Å². The van der Waals surface area contributed by atoms with Crippen molar-refractivity contribution < 1.29 is 14.3 Å². The number of carbonyl (C=O) groups excluding carboxylic acids is 2. The molecule has 2 aromatic heterocycles.